The molecule has 0 fully saturated rings. The molecule has 0 aromatic heterocycles. The largest absolute Gasteiger partial charge is 0.308 e. The second-order valence-corrected chi connectivity index (χ2v) is 7.80. The molecule has 0 bridgehead atoms. The van der Waals surface area contributed by atoms with Gasteiger partial charge in [0.05, 0.1) is 0 Å². The van der Waals surface area contributed by atoms with E-state index in [0.29, 0.717) is 0 Å². The van der Waals surface area contributed by atoms with Crippen LogP contribution in [0.3, 0.4) is 0 Å². The topological polar surface area (TPSA) is 6.48 Å². The summed E-state index contributed by atoms with van der Waals surface area (Å²) in [5.41, 5.74) is 0. The Bertz CT molecular complexity index is 474. The van der Waals surface area contributed by atoms with Crippen LogP contribution in [0.2, 0.25) is 0 Å². The first-order chi connectivity index (χ1) is 10.2. The third-order valence-corrected chi connectivity index (χ3v) is 6.06. The summed E-state index contributed by atoms with van der Waals surface area (Å²) in [7, 11) is 6.17. The average molecular weight is 300 g/mol. The first kappa shape index (κ1) is 16.2. The summed E-state index contributed by atoms with van der Waals surface area (Å²) < 4.78 is 0. The number of nitrogens with zero attached hydrogens (tertiary/aromatic N) is 2. The van der Waals surface area contributed by atoms with Crippen molar-refractivity contribution in [3.8, 4) is 0 Å². The van der Waals surface area contributed by atoms with Crippen molar-refractivity contribution in [1.82, 2.24) is 9.80 Å². The van der Waals surface area contributed by atoms with Gasteiger partial charge in [0, 0.05) is 19.4 Å². The Morgan fingerprint density at radius 2 is 1.19 bits per heavy atom. The van der Waals surface area contributed by atoms with Gasteiger partial charge in [-0.15, -0.1) is 0 Å². The first-order valence-electron chi connectivity index (χ1n) is 7.38. The number of benzene rings is 2. The Labute approximate surface area is 130 Å². The number of hydrogen-bond donors (Lipinski definition) is 0. The highest BCUT2D eigenvalue weighted by Gasteiger charge is 2.15. The zero-order valence-corrected chi connectivity index (χ0v) is 14.1. The van der Waals surface area contributed by atoms with Gasteiger partial charge in [-0.3, -0.25) is 0 Å². The molecule has 0 N–H and O–H groups in total. The molecule has 0 saturated carbocycles. The molecule has 0 atom stereocenters. The van der Waals surface area contributed by atoms with Crippen molar-refractivity contribution in [2.45, 2.75) is 0 Å². The lowest BCUT2D eigenvalue weighted by molar-refractivity contribution is 0.312. The minimum absolute atomic E-state index is 0.314. The molecule has 2 aromatic carbocycles. The molecule has 0 unspecified atom stereocenters. The Hall–Kier alpha value is -1.21. The van der Waals surface area contributed by atoms with Gasteiger partial charge in [-0.2, -0.15) is 0 Å². The molecule has 0 heterocycles. The molecule has 3 heteroatoms. The van der Waals surface area contributed by atoms with E-state index in [1.165, 1.54) is 10.6 Å². The van der Waals surface area contributed by atoms with Crippen LogP contribution < -0.4 is 10.6 Å². The number of likely N-dealkylation sites (N-methyl/N-ethyl adjacent to an activating group) is 2. The second-order valence-electron chi connectivity index (χ2n) is 5.62. The van der Waals surface area contributed by atoms with Gasteiger partial charge in [-0.1, -0.05) is 60.7 Å². The zero-order chi connectivity index (χ0) is 15.1. The third-order valence-electron chi connectivity index (χ3n) is 3.45. The van der Waals surface area contributed by atoms with E-state index >= 15 is 0 Å². The minimum Gasteiger partial charge on any atom is -0.308 e. The molecule has 112 valence electrons. The predicted octanol–water partition coefficient (Wildman–Crippen LogP) is 2.57. The number of rotatable bonds is 7. The first-order valence-corrected chi connectivity index (χ1v) is 8.90. The van der Waals surface area contributed by atoms with Crippen molar-refractivity contribution in [2.24, 2.45) is 0 Å². The second kappa shape index (κ2) is 8.29. The highest BCUT2D eigenvalue weighted by molar-refractivity contribution is 7.72. The summed E-state index contributed by atoms with van der Waals surface area (Å²) in [4.78, 5) is 4.69. The Kier molecular flexibility index (Phi) is 6.38. The van der Waals surface area contributed by atoms with Crippen LogP contribution in [0.1, 0.15) is 0 Å². The van der Waals surface area contributed by atoms with E-state index in [4.69, 9.17) is 0 Å². The van der Waals surface area contributed by atoms with Crippen LogP contribution in [-0.4, -0.2) is 50.3 Å². The Morgan fingerprint density at radius 3 is 1.62 bits per heavy atom. The molecule has 0 saturated heterocycles. The molecule has 2 rings (SSSR count). The maximum atomic E-state index is 2.45. The van der Waals surface area contributed by atoms with E-state index in [1.807, 2.05) is 0 Å². The number of hydrogen-bond acceptors (Lipinski definition) is 2. The molecule has 2 nitrogen and oxygen atoms in total. The predicted molar refractivity (Wildman–Crippen MR) is 95.1 cm³/mol. The smallest absolute Gasteiger partial charge is 0.0263 e. The van der Waals surface area contributed by atoms with Crippen LogP contribution in [0.25, 0.3) is 0 Å². The fourth-order valence-electron chi connectivity index (χ4n) is 2.21. The van der Waals surface area contributed by atoms with E-state index in [9.17, 15) is 0 Å². The van der Waals surface area contributed by atoms with E-state index in [0.717, 1.165) is 19.4 Å². The molecule has 0 spiro atoms. The SMILES string of the molecule is CN(C)CCN(C)CP(c1ccccc1)c1ccccc1. The lowest BCUT2D eigenvalue weighted by Crippen LogP contribution is -2.31. The quantitative estimate of drug-likeness (QED) is 0.725. The lowest BCUT2D eigenvalue weighted by atomic mass is 10.4. The van der Waals surface area contributed by atoms with Crippen LogP contribution in [0.15, 0.2) is 60.7 Å². The maximum absolute atomic E-state index is 2.45. The standard InChI is InChI=1S/C18H25N2P/c1-19(2)14-15-20(3)16-21(17-10-6-4-7-11-17)18-12-8-5-9-13-18/h4-13H,14-16H2,1-3H3. The molecular formula is C18H25N2P. The fourth-order valence-corrected chi connectivity index (χ4v) is 4.52. The molecular weight excluding hydrogens is 275 g/mol. The van der Waals surface area contributed by atoms with Gasteiger partial charge in [-0.25, -0.2) is 0 Å². The third kappa shape index (κ3) is 5.24. The average Bonchev–Trinajstić information content (AvgIpc) is 2.52. The lowest BCUT2D eigenvalue weighted by Gasteiger charge is -2.26. The summed E-state index contributed by atoms with van der Waals surface area (Å²) >= 11 is 0. The molecule has 0 aliphatic carbocycles. The maximum Gasteiger partial charge on any atom is 0.0263 e. The van der Waals surface area contributed by atoms with Gasteiger partial charge in [-0.05, 0) is 39.7 Å². The van der Waals surface area contributed by atoms with Gasteiger partial charge in [0.15, 0.2) is 0 Å². The summed E-state index contributed by atoms with van der Waals surface area (Å²) in [6.07, 6.45) is 1.11. The van der Waals surface area contributed by atoms with Gasteiger partial charge >= 0.3 is 0 Å². The van der Waals surface area contributed by atoms with E-state index in [1.54, 1.807) is 0 Å². The van der Waals surface area contributed by atoms with E-state index < -0.39 is 0 Å². The molecule has 0 aliphatic rings. The molecule has 2 aromatic rings. The van der Waals surface area contributed by atoms with Crippen LogP contribution in [0, 0.1) is 0 Å². The molecule has 0 radical (unpaired) electrons. The zero-order valence-electron chi connectivity index (χ0n) is 13.2. The molecule has 0 aliphatic heterocycles. The van der Waals surface area contributed by atoms with Crippen molar-refractivity contribution in [3.63, 3.8) is 0 Å². The van der Waals surface area contributed by atoms with Gasteiger partial charge in [0.25, 0.3) is 0 Å². The summed E-state index contributed by atoms with van der Waals surface area (Å²) in [6.45, 7) is 2.20. The van der Waals surface area contributed by atoms with Crippen LogP contribution >= 0.6 is 7.92 Å². The Morgan fingerprint density at radius 1 is 0.714 bits per heavy atom. The van der Waals surface area contributed by atoms with Gasteiger partial charge in [0.1, 0.15) is 0 Å². The van der Waals surface area contributed by atoms with Gasteiger partial charge in [0.2, 0.25) is 0 Å². The van der Waals surface area contributed by atoms with Crippen molar-refractivity contribution >= 4 is 18.5 Å². The highest BCUT2D eigenvalue weighted by Crippen LogP contribution is 2.33. The van der Waals surface area contributed by atoms with Crippen LogP contribution in [0.4, 0.5) is 0 Å². The summed E-state index contributed by atoms with van der Waals surface area (Å²) in [5, 5.41) is 2.91. The normalized spacial score (nSPS) is 11.5. The fraction of sp³-hybridized carbons (Fsp3) is 0.333. The Balaban J connectivity index is 2.13. The van der Waals surface area contributed by atoms with E-state index in [2.05, 4.69) is 91.6 Å². The minimum atomic E-state index is -0.314. The summed E-state index contributed by atoms with van der Waals surface area (Å²) in [6, 6.07) is 21.8. The van der Waals surface area contributed by atoms with Gasteiger partial charge < -0.3 is 9.80 Å². The van der Waals surface area contributed by atoms with Crippen molar-refractivity contribution in [1.29, 1.82) is 0 Å². The monoisotopic (exact) mass is 300 g/mol. The van der Waals surface area contributed by atoms with Crippen molar-refractivity contribution in [2.75, 3.05) is 40.5 Å². The van der Waals surface area contributed by atoms with E-state index in [-0.39, 0.29) is 7.92 Å². The van der Waals surface area contributed by atoms with Crippen LogP contribution in [-0.2, 0) is 0 Å². The summed E-state index contributed by atoms with van der Waals surface area (Å²) in [5.74, 6) is 0. The van der Waals surface area contributed by atoms with Crippen LogP contribution in [0.5, 0.6) is 0 Å². The molecule has 21 heavy (non-hydrogen) atoms. The van der Waals surface area contributed by atoms with Crippen molar-refractivity contribution < 1.29 is 0 Å². The molecule has 0 amide bonds. The van der Waals surface area contributed by atoms with Crippen molar-refractivity contribution in [3.05, 3.63) is 60.7 Å². The highest BCUT2D eigenvalue weighted by atomic mass is 31.1.